The van der Waals surface area contributed by atoms with E-state index in [0.29, 0.717) is 0 Å². The fourth-order valence-corrected chi connectivity index (χ4v) is 4.44. The standard InChI is InChI=1S/C14H27NO/c1-11(2)8-12(3,4)10-14(16,9-11)13(15)6-5-7-13/h16H,5-10,15H2,1-4H3. The summed E-state index contributed by atoms with van der Waals surface area (Å²) in [6.45, 7) is 9.06. The molecule has 3 N–H and O–H groups in total. The van der Waals surface area contributed by atoms with Gasteiger partial charge in [0.15, 0.2) is 0 Å². The Bertz CT molecular complexity index is 273. The van der Waals surface area contributed by atoms with Gasteiger partial charge in [0.25, 0.3) is 0 Å². The summed E-state index contributed by atoms with van der Waals surface area (Å²) in [7, 11) is 0. The molecule has 0 aromatic heterocycles. The highest BCUT2D eigenvalue weighted by Gasteiger charge is 2.57. The average Bonchev–Trinajstić information content (AvgIpc) is 1.92. The van der Waals surface area contributed by atoms with Crippen LogP contribution < -0.4 is 5.73 Å². The van der Waals surface area contributed by atoms with E-state index in [2.05, 4.69) is 27.7 Å². The first-order valence-electron chi connectivity index (χ1n) is 6.59. The van der Waals surface area contributed by atoms with Crippen LogP contribution >= 0.6 is 0 Å². The SMILES string of the molecule is CC1(C)CC(C)(C)CC(O)(C2(N)CCC2)C1. The van der Waals surface area contributed by atoms with Gasteiger partial charge in [-0.15, -0.1) is 0 Å². The van der Waals surface area contributed by atoms with Crippen molar-refractivity contribution in [1.82, 2.24) is 0 Å². The second-order valence-electron chi connectivity index (χ2n) is 7.90. The molecule has 0 amide bonds. The van der Waals surface area contributed by atoms with Gasteiger partial charge in [0.1, 0.15) is 0 Å². The molecule has 2 heteroatoms. The molecule has 16 heavy (non-hydrogen) atoms. The predicted molar refractivity (Wildman–Crippen MR) is 67.1 cm³/mol. The fraction of sp³-hybridized carbons (Fsp3) is 1.00. The van der Waals surface area contributed by atoms with Crippen LogP contribution in [0.2, 0.25) is 0 Å². The normalized spacial score (nSPS) is 34.1. The van der Waals surface area contributed by atoms with Crippen LogP contribution in [-0.2, 0) is 0 Å². The molecule has 0 spiro atoms. The molecule has 2 nitrogen and oxygen atoms in total. The molecule has 0 saturated heterocycles. The Labute approximate surface area is 99.6 Å². The number of nitrogens with two attached hydrogens (primary N) is 1. The van der Waals surface area contributed by atoms with E-state index < -0.39 is 5.60 Å². The molecule has 2 fully saturated rings. The summed E-state index contributed by atoms with van der Waals surface area (Å²) in [5.74, 6) is 0. The third kappa shape index (κ3) is 1.91. The van der Waals surface area contributed by atoms with E-state index in [-0.39, 0.29) is 16.4 Å². The summed E-state index contributed by atoms with van der Waals surface area (Å²) in [6.07, 6.45) is 6.07. The minimum absolute atomic E-state index is 0.207. The molecular weight excluding hydrogens is 198 g/mol. The van der Waals surface area contributed by atoms with Crippen LogP contribution in [0.15, 0.2) is 0 Å². The number of hydrogen-bond acceptors (Lipinski definition) is 2. The van der Waals surface area contributed by atoms with Crippen molar-refractivity contribution in [2.75, 3.05) is 0 Å². The van der Waals surface area contributed by atoms with Gasteiger partial charge in [0.2, 0.25) is 0 Å². The Morgan fingerprint density at radius 3 is 1.62 bits per heavy atom. The van der Waals surface area contributed by atoms with E-state index in [9.17, 15) is 5.11 Å². The van der Waals surface area contributed by atoms with E-state index in [0.717, 1.165) is 25.7 Å². The van der Waals surface area contributed by atoms with Crippen LogP contribution in [0.25, 0.3) is 0 Å². The number of hydrogen-bond donors (Lipinski definition) is 2. The van der Waals surface area contributed by atoms with Crippen molar-refractivity contribution < 1.29 is 5.11 Å². The predicted octanol–water partition coefficient (Wildman–Crippen LogP) is 2.84. The third-order valence-electron chi connectivity index (χ3n) is 4.67. The lowest BCUT2D eigenvalue weighted by molar-refractivity contribution is -0.151. The second-order valence-corrected chi connectivity index (χ2v) is 7.90. The first-order chi connectivity index (χ1) is 7.08. The molecular formula is C14H27NO. The minimum Gasteiger partial charge on any atom is -0.388 e. The molecule has 0 unspecified atom stereocenters. The van der Waals surface area contributed by atoms with Crippen LogP contribution in [-0.4, -0.2) is 16.2 Å². The van der Waals surface area contributed by atoms with Gasteiger partial charge >= 0.3 is 0 Å². The summed E-state index contributed by atoms with van der Waals surface area (Å²) in [6, 6.07) is 0. The maximum Gasteiger partial charge on any atom is 0.0836 e. The van der Waals surface area contributed by atoms with Crippen LogP contribution in [0, 0.1) is 10.8 Å². The molecule has 2 aliphatic carbocycles. The summed E-state index contributed by atoms with van der Waals surface area (Å²) >= 11 is 0. The quantitative estimate of drug-likeness (QED) is 0.721. The number of rotatable bonds is 1. The molecule has 0 aromatic rings. The first-order valence-corrected chi connectivity index (χ1v) is 6.59. The summed E-state index contributed by atoms with van der Waals surface area (Å²) in [5, 5.41) is 11.0. The largest absolute Gasteiger partial charge is 0.388 e. The average molecular weight is 225 g/mol. The summed E-state index contributed by atoms with van der Waals surface area (Å²) < 4.78 is 0. The maximum atomic E-state index is 11.0. The van der Waals surface area contributed by atoms with Crippen molar-refractivity contribution in [3.05, 3.63) is 0 Å². The minimum atomic E-state index is -0.642. The van der Waals surface area contributed by atoms with Gasteiger partial charge in [-0.25, -0.2) is 0 Å². The molecule has 0 heterocycles. The van der Waals surface area contributed by atoms with Gasteiger partial charge in [-0.3, -0.25) is 0 Å². The Kier molecular flexibility index (Phi) is 2.50. The van der Waals surface area contributed by atoms with Crippen LogP contribution in [0.3, 0.4) is 0 Å². The Morgan fingerprint density at radius 2 is 1.31 bits per heavy atom. The van der Waals surface area contributed by atoms with Crippen molar-refractivity contribution in [3.8, 4) is 0 Å². The van der Waals surface area contributed by atoms with Crippen LogP contribution in [0.4, 0.5) is 0 Å². The highest BCUT2D eigenvalue weighted by atomic mass is 16.3. The van der Waals surface area contributed by atoms with Gasteiger partial charge in [-0.1, -0.05) is 27.7 Å². The van der Waals surface area contributed by atoms with E-state index in [1.807, 2.05) is 0 Å². The van der Waals surface area contributed by atoms with Crippen molar-refractivity contribution in [2.24, 2.45) is 16.6 Å². The molecule has 2 aliphatic rings. The molecule has 0 radical (unpaired) electrons. The highest BCUT2D eigenvalue weighted by Crippen LogP contribution is 2.56. The zero-order valence-corrected chi connectivity index (χ0v) is 11.3. The van der Waals surface area contributed by atoms with Gasteiger partial charge in [0.05, 0.1) is 5.60 Å². The molecule has 94 valence electrons. The fourth-order valence-electron chi connectivity index (χ4n) is 4.44. The van der Waals surface area contributed by atoms with E-state index in [1.54, 1.807) is 0 Å². The Balaban J connectivity index is 2.27. The van der Waals surface area contributed by atoms with E-state index in [4.69, 9.17) is 5.73 Å². The smallest absolute Gasteiger partial charge is 0.0836 e. The highest BCUT2D eigenvalue weighted by molar-refractivity contribution is 5.13. The zero-order valence-electron chi connectivity index (χ0n) is 11.3. The lowest BCUT2D eigenvalue weighted by Gasteiger charge is -2.59. The van der Waals surface area contributed by atoms with Crippen LogP contribution in [0.5, 0.6) is 0 Å². The topological polar surface area (TPSA) is 46.2 Å². The van der Waals surface area contributed by atoms with Gasteiger partial charge < -0.3 is 10.8 Å². The Morgan fingerprint density at radius 1 is 0.875 bits per heavy atom. The lowest BCUT2D eigenvalue weighted by atomic mass is 9.51. The lowest BCUT2D eigenvalue weighted by Crippen LogP contribution is -2.68. The number of aliphatic hydroxyl groups is 1. The summed E-state index contributed by atoms with van der Waals surface area (Å²) in [4.78, 5) is 0. The zero-order chi connectivity index (χ0) is 12.2. The van der Waals surface area contributed by atoms with Crippen LogP contribution in [0.1, 0.15) is 66.2 Å². The molecule has 0 bridgehead atoms. The van der Waals surface area contributed by atoms with Gasteiger partial charge in [-0.2, -0.15) is 0 Å². The molecule has 0 aromatic carbocycles. The van der Waals surface area contributed by atoms with Crippen molar-refractivity contribution in [1.29, 1.82) is 0 Å². The van der Waals surface area contributed by atoms with Gasteiger partial charge in [-0.05, 0) is 49.4 Å². The van der Waals surface area contributed by atoms with Gasteiger partial charge in [0, 0.05) is 5.54 Å². The molecule has 2 saturated carbocycles. The molecule has 0 atom stereocenters. The third-order valence-corrected chi connectivity index (χ3v) is 4.67. The second kappa shape index (κ2) is 3.23. The molecule has 2 rings (SSSR count). The molecule has 0 aliphatic heterocycles. The monoisotopic (exact) mass is 225 g/mol. The van der Waals surface area contributed by atoms with Crippen molar-refractivity contribution >= 4 is 0 Å². The first kappa shape index (κ1) is 12.4. The van der Waals surface area contributed by atoms with Crippen molar-refractivity contribution in [3.63, 3.8) is 0 Å². The Hall–Kier alpha value is -0.0800. The van der Waals surface area contributed by atoms with E-state index >= 15 is 0 Å². The maximum absolute atomic E-state index is 11.0. The van der Waals surface area contributed by atoms with E-state index in [1.165, 1.54) is 12.8 Å². The summed E-state index contributed by atoms with van der Waals surface area (Å²) in [5.41, 5.74) is 5.87. The van der Waals surface area contributed by atoms with Crippen molar-refractivity contribution in [2.45, 2.75) is 77.4 Å².